The SMILES string of the molecule is CC(C)(C)c1ccc(C2CC(c3ccc(C(C)(C)C)cc3-c3cnc(-c4ccccc4)cc3-c3ccccc3)CC(c3cc(C(C)(C)C)ccc3-c3cnc(-c4ccccc4)cc3-c3ccccc3)C2)c(-c2cnc(-c3ccccc3)cc2-c2ccccc2)c1. The molecule has 2 unspecified atom stereocenters. The van der Waals surface area contributed by atoms with Crippen LogP contribution in [0.1, 0.15) is 133 Å². The Bertz CT molecular complexity index is 4280. The highest BCUT2D eigenvalue weighted by atomic mass is 14.7. The molecule has 90 heavy (non-hydrogen) atoms. The van der Waals surface area contributed by atoms with Gasteiger partial charge in [0.1, 0.15) is 0 Å². The summed E-state index contributed by atoms with van der Waals surface area (Å²) in [5.41, 5.74) is 28.2. The van der Waals surface area contributed by atoms with Crippen LogP contribution in [0.25, 0.3) is 101 Å². The van der Waals surface area contributed by atoms with Crippen LogP contribution in [-0.4, -0.2) is 15.0 Å². The molecule has 3 aromatic heterocycles. The van der Waals surface area contributed by atoms with E-state index in [9.17, 15) is 0 Å². The molecule has 3 heterocycles. The van der Waals surface area contributed by atoms with Crippen molar-refractivity contribution in [2.75, 3.05) is 0 Å². The summed E-state index contributed by atoms with van der Waals surface area (Å²) in [5.74, 6) is 0.403. The molecule has 13 rings (SSSR count). The number of nitrogens with zero attached hydrogens (tertiary/aromatic N) is 3. The summed E-state index contributed by atoms with van der Waals surface area (Å²) in [6.07, 6.45) is 9.36. The van der Waals surface area contributed by atoms with E-state index in [0.29, 0.717) is 0 Å². The average Bonchev–Trinajstić information content (AvgIpc) is 0.799. The van der Waals surface area contributed by atoms with Crippen LogP contribution in [0.2, 0.25) is 0 Å². The van der Waals surface area contributed by atoms with Crippen molar-refractivity contribution in [2.45, 2.75) is 116 Å². The lowest BCUT2D eigenvalue weighted by molar-refractivity contribution is 0.352. The Balaban J connectivity index is 1.07. The normalized spacial score (nSPS) is 15.4. The number of aromatic nitrogens is 3. The van der Waals surface area contributed by atoms with Gasteiger partial charge in [-0.1, -0.05) is 299 Å². The Morgan fingerprint density at radius 3 is 0.811 bits per heavy atom. The molecule has 12 aromatic rings. The number of pyridine rings is 3. The van der Waals surface area contributed by atoms with Gasteiger partial charge in [-0.2, -0.15) is 0 Å². The molecule has 0 spiro atoms. The fraction of sp³-hybridized carbons (Fsp3) is 0.207. The summed E-state index contributed by atoms with van der Waals surface area (Å²) >= 11 is 0. The van der Waals surface area contributed by atoms with Gasteiger partial charge in [-0.25, -0.2) is 0 Å². The van der Waals surface area contributed by atoms with Gasteiger partial charge in [0, 0.05) is 52.0 Å². The molecule has 444 valence electrons. The van der Waals surface area contributed by atoms with Gasteiger partial charge in [-0.05, 0) is 155 Å². The summed E-state index contributed by atoms with van der Waals surface area (Å²) in [5, 5.41) is 0. The second-order valence-electron chi connectivity index (χ2n) is 28.0. The average molecular weight is 1170 g/mol. The lowest BCUT2D eigenvalue weighted by Gasteiger charge is -2.39. The van der Waals surface area contributed by atoms with Gasteiger partial charge in [0.2, 0.25) is 0 Å². The van der Waals surface area contributed by atoms with Gasteiger partial charge in [0.15, 0.2) is 0 Å². The maximum absolute atomic E-state index is 5.37. The Morgan fingerprint density at radius 1 is 0.233 bits per heavy atom. The Hall–Kier alpha value is -9.57. The highest BCUT2D eigenvalue weighted by Gasteiger charge is 2.37. The topological polar surface area (TPSA) is 38.7 Å². The van der Waals surface area contributed by atoms with Crippen molar-refractivity contribution < 1.29 is 0 Å². The predicted molar refractivity (Wildman–Crippen MR) is 380 cm³/mol. The van der Waals surface area contributed by atoms with Crippen LogP contribution < -0.4 is 0 Å². The number of hydrogen-bond acceptors (Lipinski definition) is 3. The first-order valence-corrected chi connectivity index (χ1v) is 32.3. The molecular formula is C87H81N3. The first-order valence-electron chi connectivity index (χ1n) is 32.3. The minimum absolute atomic E-state index is 0.107. The predicted octanol–water partition coefficient (Wildman–Crippen LogP) is 23.6. The molecule has 1 aliphatic carbocycles. The zero-order valence-electron chi connectivity index (χ0n) is 53.7. The minimum Gasteiger partial charge on any atom is -0.256 e. The molecule has 9 aromatic carbocycles. The molecule has 0 aliphatic heterocycles. The quantitative estimate of drug-likeness (QED) is 0.122. The van der Waals surface area contributed by atoms with E-state index in [-0.39, 0.29) is 34.0 Å². The zero-order chi connectivity index (χ0) is 62.2. The highest BCUT2D eigenvalue weighted by molar-refractivity contribution is 5.90. The monoisotopic (exact) mass is 1170 g/mol. The van der Waals surface area contributed by atoms with E-state index in [0.717, 1.165) is 69.7 Å². The molecule has 0 N–H and O–H groups in total. The van der Waals surface area contributed by atoms with Crippen molar-refractivity contribution in [3.63, 3.8) is 0 Å². The van der Waals surface area contributed by atoms with Crippen LogP contribution in [0.5, 0.6) is 0 Å². The second kappa shape index (κ2) is 24.8. The first kappa shape index (κ1) is 59.4. The summed E-state index contributed by atoms with van der Waals surface area (Å²) in [4.78, 5) is 16.1. The summed E-state index contributed by atoms with van der Waals surface area (Å²) < 4.78 is 0. The van der Waals surface area contributed by atoms with E-state index in [1.165, 1.54) is 83.5 Å². The van der Waals surface area contributed by atoms with E-state index in [1.54, 1.807) is 0 Å². The van der Waals surface area contributed by atoms with Crippen LogP contribution in [0, 0.1) is 0 Å². The van der Waals surface area contributed by atoms with Gasteiger partial charge >= 0.3 is 0 Å². The fourth-order valence-electron chi connectivity index (χ4n) is 13.8. The fourth-order valence-corrected chi connectivity index (χ4v) is 13.8. The van der Waals surface area contributed by atoms with Crippen molar-refractivity contribution >= 4 is 0 Å². The third-order valence-electron chi connectivity index (χ3n) is 18.8. The highest BCUT2D eigenvalue weighted by Crippen LogP contribution is 2.55. The third-order valence-corrected chi connectivity index (χ3v) is 18.8. The van der Waals surface area contributed by atoms with Crippen LogP contribution in [0.3, 0.4) is 0 Å². The molecule has 2 atom stereocenters. The second-order valence-corrected chi connectivity index (χ2v) is 28.0. The van der Waals surface area contributed by atoms with Crippen LogP contribution in [-0.2, 0) is 16.2 Å². The molecule has 0 bridgehead atoms. The van der Waals surface area contributed by atoms with Crippen molar-refractivity contribution in [1.29, 1.82) is 0 Å². The molecular weight excluding hydrogens is 1090 g/mol. The van der Waals surface area contributed by atoms with Gasteiger partial charge in [-0.3, -0.25) is 15.0 Å². The van der Waals surface area contributed by atoms with Gasteiger partial charge in [0.25, 0.3) is 0 Å². The van der Waals surface area contributed by atoms with E-state index >= 15 is 0 Å². The maximum Gasteiger partial charge on any atom is 0.0708 e. The molecule has 3 heteroatoms. The van der Waals surface area contributed by atoms with Crippen molar-refractivity contribution in [3.8, 4) is 101 Å². The van der Waals surface area contributed by atoms with Gasteiger partial charge in [0.05, 0.1) is 17.1 Å². The summed E-state index contributed by atoms with van der Waals surface area (Å²) in [6, 6.07) is 94.1. The van der Waals surface area contributed by atoms with Crippen molar-refractivity contribution in [1.82, 2.24) is 15.0 Å². The van der Waals surface area contributed by atoms with Crippen LogP contribution in [0.4, 0.5) is 0 Å². The standard InChI is InChI=1S/C87H81N3/c1-85(2,3)67-42-45-72(79-55-88-82(61-34-22-13-23-35-61)52-74(79)58-28-16-10-17-29-58)73(49-67)66-47-64(70-43-40-68(86(4,5)6)50-77(70)80-56-89-83(62-36-24-14-25-37-62)53-75(80)59-30-18-11-19-31-59)46-65(48-66)71-44-41-69(87(7,8)9)51-78(71)81-57-90-84(63-38-26-15-27-39-63)54-76(81)60-32-20-12-21-33-60/h10-45,49-57,64-66H,46-48H2,1-9H3. The lowest BCUT2D eigenvalue weighted by Crippen LogP contribution is -2.23. The largest absolute Gasteiger partial charge is 0.256 e. The van der Waals surface area contributed by atoms with E-state index in [1.807, 2.05) is 0 Å². The third kappa shape index (κ3) is 12.4. The number of benzene rings is 9. The smallest absolute Gasteiger partial charge is 0.0708 e. The number of rotatable bonds is 12. The van der Waals surface area contributed by atoms with E-state index in [2.05, 4.69) is 336 Å². The van der Waals surface area contributed by atoms with Crippen LogP contribution >= 0.6 is 0 Å². The molecule has 0 amide bonds. The van der Waals surface area contributed by atoms with Crippen molar-refractivity contribution in [3.05, 3.63) is 307 Å². The van der Waals surface area contributed by atoms with Gasteiger partial charge < -0.3 is 0 Å². The number of hydrogen-bond donors (Lipinski definition) is 0. The summed E-state index contributed by atoms with van der Waals surface area (Å²) in [6.45, 7) is 21.1. The molecule has 1 fully saturated rings. The zero-order valence-corrected chi connectivity index (χ0v) is 53.7. The lowest BCUT2D eigenvalue weighted by atomic mass is 9.65. The Morgan fingerprint density at radius 2 is 0.500 bits per heavy atom. The molecule has 1 aliphatic rings. The summed E-state index contributed by atoms with van der Waals surface area (Å²) in [7, 11) is 0. The Kier molecular flexibility index (Phi) is 16.4. The van der Waals surface area contributed by atoms with Crippen molar-refractivity contribution in [2.24, 2.45) is 0 Å². The molecule has 0 saturated heterocycles. The minimum atomic E-state index is -0.109. The van der Waals surface area contributed by atoms with E-state index < -0.39 is 0 Å². The molecule has 1 saturated carbocycles. The van der Waals surface area contributed by atoms with E-state index in [4.69, 9.17) is 15.0 Å². The van der Waals surface area contributed by atoms with Gasteiger partial charge in [-0.15, -0.1) is 0 Å². The van der Waals surface area contributed by atoms with Crippen LogP contribution in [0.15, 0.2) is 273 Å². The molecule has 3 nitrogen and oxygen atoms in total. The first-order chi connectivity index (χ1) is 43.5. The Labute approximate surface area is 534 Å². The molecule has 0 radical (unpaired) electrons. The maximum atomic E-state index is 5.37.